The molecule has 3 N–H and O–H groups in total. The van der Waals surface area contributed by atoms with Gasteiger partial charge in [0.1, 0.15) is 0 Å². The molecule has 0 aliphatic rings. The minimum absolute atomic E-state index is 0.0828. The second-order valence-electron chi connectivity index (χ2n) is 4.22. The van der Waals surface area contributed by atoms with Crippen LogP contribution in [0.15, 0.2) is 30.3 Å². The molecular formula is C13H20N2O. The molecule has 0 aliphatic heterocycles. The summed E-state index contributed by atoms with van der Waals surface area (Å²) in [6.45, 7) is 3.70. The summed E-state index contributed by atoms with van der Waals surface area (Å²) in [5, 5.41) is 2.89. The van der Waals surface area contributed by atoms with Crippen LogP contribution in [0.25, 0.3) is 0 Å². The predicted octanol–water partition coefficient (Wildman–Crippen LogP) is 1.47. The van der Waals surface area contributed by atoms with Gasteiger partial charge in [0, 0.05) is 6.04 Å². The highest BCUT2D eigenvalue weighted by molar-refractivity contribution is 5.81. The van der Waals surface area contributed by atoms with Crippen molar-refractivity contribution in [3.05, 3.63) is 35.9 Å². The second kappa shape index (κ2) is 6.28. The maximum atomic E-state index is 11.3. The van der Waals surface area contributed by atoms with E-state index in [2.05, 4.69) is 17.4 Å². The molecule has 16 heavy (non-hydrogen) atoms. The van der Waals surface area contributed by atoms with Crippen molar-refractivity contribution in [2.75, 3.05) is 0 Å². The molecular weight excluding hydrogens is 200 g/mol. The molecule has 1 rings (SSSR count). The van der Waals surface area contributed by atoms with Crippen molar-refractivity contribution in [3.8, 4) is 0 Å². The van der Waals surface area contributed by atoms with Crippen LogP contribution in [0.1, 0.15) is 25.8 Å². The molecule has 0 saturated carbocycles. The topological polar surface area (TPSA) is 55.1 Å². The maximum Gasteiger partial charge on any atom is 0.236 e. The molecule has 1 amide bonds. The van der Waals surface area contributed by atoms with Crippen LogP contribution in [0.3, 0.4) is 0 Å². The standard InChI is InChI=1S/C13H20N2O/c1-10(15-13(16)11(2)14)8-9-12-6-4-3-5-7-12/h3-7,10-11H,8-9,14H2,1-2H3,(H,15,16)/t10?,11-/m0/s1. The van der Waals surface area contributed by atoms with Gasteiger partial charge in [-0.1, -0.05) is 30.3 Å². The molecule has 0 spiro atoms. The van der Waals surface area contributed by atoms with Gasteiger partial charge in [-0.2, -0.15) is 0 Å². The van der Waals surface area contributed by atoms with E-state index in [1.807, 2.05) is 25.1 Å². The predicted molar refractivity (Wildman–Crippen MR) is 66.0 cm³/mol. The summed E-state index contributed by atoms with van der Waals surface area (Å²) in [7, 11) is 0. The zero-order valence-electron chi connectivity index (χ0n) is 9.94. The van der Waals surface area contributed by atoms with E-state index in [9.17, 15) is 4.79 Å². The number of hydrogen-bond donors (Lipinski definition) is 2. The van der Waals surface area contributed by atoms with Gasteiger partial charge in [-0.15, -0.1) is 0 Å². The van der Waals surface area contributed by atoms with Gasteiger partial charge < -0.3 is 11.1 Å². The number of hydrogen-bond acceptors (Lipinski definition) is 2. The van der Waals surface area contributed by atoms with Crippen molar-refractivity contribution in [3.63, 3.8) is 0 Å². The molecule has 0 radical (unpaired) electrons. The maximum absolute atomic E-state index is 11.3. The van der Waals surface area contributed by atoms with Crippen LogP contribution >= 0.6 is 0 Å². The summed E-state index contributed by atoms with van der Waals surface area (Å²) >= 11 is 0. The lowest BCUT2D eigenvalue weighted by molar-refractivity contribution is -0.122. The van der Waals surface area contributed by atoms with Crippen molar-refractivity contribution < 1.29 is 4.79 Å². The zero-order valence-corrected chi connectivity index (χ0v) is 9.94. The van der Waals surface area contributed by atoms with Gasteiger partial charge in [0.25, 0.3) is 0 Å². The number of nitrogens with two attached hydrogens (primary N) is 1. The van der Waals surface area contributed by atoms with Crippen molar-refractivity contribution in [2.45, 2.75) is 38.8 Å². The quantitative estimate of drug-likeness (QED) is 0.789. The third kappa shape index (κ3) is 4.45. The SMILES string of the molecule is CC(CCc1ccccc1)NC(=O)[C@H](C)N. The van der Waals surface area contributed by atoms with Gasteiger partial charge in [0.15, 0.2) is 0 Å². The van der Waals surface area contributed by atoms with Gasteiger partial charge in [-0.3, -0.25) is 4.79 Å². The van der Waals surface area contributed by atoms with Gasteiger partial charge in [0.2, 0.25) is 5.91 Å². The highest BCUT2D eigenvalue weighted by Crippen LogP contribution is 2.04. The van der Waals surface area contributed by atoms with Crippen molar-refractivity contribution >= 4 is 5.91 Å². The Kier molecular flexibility index (Phi) is 4.99. The molecule has 0 saturated heterocycles. The minimum Gasteiger partial charge on any atom is -0.352 e. The Morgan fingerprint density at radius 3 is 2.50 bits per heavy atom. The molecule has 3 nitrogen and oxygen atoms in total. The summed E-state index contributed by atoms with van der Waals surface area (Å²) in [6, 6.07) is 9.99. The highest BCUT2D eigenvalue weighted by Gasteiger charge is 2.10. The lowest BCUT2D eigenvalue weighted by atomic mass is 10.1. The first-order valence-corrected chi connectivity index (χ1v) is 5.69. The Morgan fingerprint density at radius 2 is 1.94 bits per heavy atom. The van der Waals surface area contributed by atoms with Gasteiger partial charge in [-0.05, 0) is 32.3 Å². The number of rotatable bonds is 5. The smallest absolute Gasteiger partial charge is 0.236 e. The van der Waals surface area contributed by atoms with Crippen molar-refractivity contribution in [1.29, 1.82) is 0 Å². The van der Waals surface area contributed by atoms with Crippen molar-refractivity contribution in [2.24, 2.45) is 5.73 Å². The highest BCUT2D eigenvalue weighted by atomic mass is 16.2. The third-order valence-corrected chi connectivity index (χ3v) is 2.51. The first-order valence-electron chi connectivity index (χ1n) is 5.69. The van der Waals surface area contributed by atoms with Crippen molar-refractivity contribution in [1.82, 2.24) is 5.32 Å². The van der Waals surface area contributed by atoms with Crippen LogP contribution in [0.2, 0.25) is 0 Å². The van der Waals surface area contributed by atoms with E-state index in [4.69, 9.17) is 5.73 Å². The van der Waals surface area contributed by atoms with E-state index in [0.29, 0.717) is 0 Å². The largest absolute Gasteiger partial charge is 0.352 e. The van der Waals surface area contributed by atoms with Gasteiger partial charge >= 0.3 is 0 Å². The van der Waals surface area contributed by atoms with Gasteiger partial charge in [0.05, 0.1) is 6.04 Å². The lowest BCUT2D eigenvalue weighted by Crippen LogP contribution is -2.42. The van der Waals surface area contributed by atoms with E-state index in [1.165, 1.54) is 5.56 Å². The normalized spacial score (nSPS) is 14.2. The second-order valence-corrected chi connectivity index (χ2v) is 4.22. The number of carbonyl (C=O) groups excluding carboxylic acids is 1. The van der Waals surface area contributed by atoms with Crippen LogP contribution < -0.4 is 11.1 Å². The first kappa shape index (κ1) is 12.7. The molecule has 1 aromatic carbocycles. The number of benzene rings is 1. The summed E-state index contributed by atoms with van der Waals surface area (Å²) in [4.78, 5) is 11.3. The monoisotopic (exact) mass is 220 g/mol. The Hall–Kier alpha value is -1.35. The molecule has 1 unspecified atom stereocenters. The average Bonchev–Trinajstić information content (AvgIpc) is 2.27. The summed E-state index contributed by atoms with van der Waals surface area (Å²) in [6.07, 6.45) is 1.91. The van der Waals surface area contributed by atoms with Gasteiger partial charge in [-0.25, -0.2) is 0 Å². The fourth-order valence-electron chi connectivity index (χ4n) is 1.47. The Balaban J connectivity index is 2.30. The zero-order chi connectivity index (χ0) is 12.0. The number of aryl methyl sites for hydroxylation is 1. The summed E-state index contributed by atoms with van der Waals surface area (Å²) in [5.41, 5.74) is 6.78. The lowest BCUT2D eigenvalue weighted by Gasteiger charge is -2.15. The average molecular weight is 220 g/mol. The number of nitrogens with one attached hydrogen (secondary N) is 1. The molecule has 0 bridgehead atoms. The van der Waals surface area contributed by atoms with E-state index in [0.717, 1.165) is 12.8 Å². The molecule has 0 aromatic heterocycles. The Labute approximate surface area is 97.0 Å². The number of carbonyl (C=O) groups is 1. The molecule has 3 heteroatoms. The number of amides is 1. The van der Waals surface area contributed by atoms with E-state index >= 15 is 0 Å². The fraction of sp³-hybridized carbons (Fsp3) is 0.462. The first-order chi connectivity index (χ1) is 7.59. The molecule has 0 heterocycles. The Bertz CT molecular complexity index is 322. The van der Waals surface area contributed by atoms with Crippen LogP contribution in [-0.4, -0.2) is 18.0 Å². The van der Waals surface area contributed by atoms with E-state index in [-0.39, 0.29) is 11.9 Å². The minimum atomic E-state index is -0.431. The molecule has 1 aromatic rings. The van der Waals surface area contributed by atoms with Crippen LogP contribution in [0.4, 0.5) is 0 Å². The molecule has 2 atom stereocenters. The summed E-state index contributed by atoms with van der Waals surface area (Å²) < 4.78 is 0. The molecule has 0 fully saturated rings. The van der Waals surface area contributed by atoms with Crippen LogP contribution in [0.5, 0.6) is 0 Å². The third-order valence-electron chi connectivity index (χ3n) is 2.51. The van der Waals surface area contributed by atoms with E-state index < -0.39 is 6.04 Å². The fourth-order valence-corrected chi connectivity index (χ4v) is 1.47. The van der Waals surface area contributed by atoms with Crippen LogP contribution in [0, 0.1) is 0 Å². The molecule has 0 aliphatic carbocycles. The summed E-state index contributed by atoms with van der Waals surface area (Å²) in [5.74, 6) is -0.0828. The molecule has 88 valence electrons. The van der Waals surface area contributed by atoms with Crippen LogP contribution in [-0.2, 0) is 11.2 Å². The Morgan fingerprint density at radius 1 is 1.31 bits per heavy atom. The van der Waals surface area contributed by atoms with E-state index in [1.54, 1.807) is 6.92 Å².